The minimum absolute atomic E-state index is 0.326. The fourth-order valence-electron chi connectivity index (χ4n) is 13.3. The molecule has 0 saturated heterocycles. The Bertz CT molecular complexity index is 3200. The predicted molar refractivity (Wildman–Crippen MR) is 260 cm³/mol. The fraction of sp³-hybridized carbons (Fsp3) is 0.172. The van der Waals surface area contributed by atoms with E-state index >= 15 is 0 Å². The number of fused-ring (bicyclic) bond motifs is 6. The van der Waals surface area contributed by atoms with Gasteiger partial charge in [-0.1, -0.05) is 158 Å². The molecular weight excluding hydrogens is 769 g/mol. The van der Waals surface area contributed by atoms with Crippen LogP contribution < -0.4 is 20.7 Å². The molecule has 0 radical (unpaired) electrons. The third-order valence-electron chi connectivity index (χ3n) is 15.6. The first-order valence-corrected chi connectivity index (χ1v) is 24.7. The highest BCUT2D eigenvalue weighted by Crippen LogP contribution is 2.62. The maximum Gasteiger partial charge on any atom is 0.179 e. The van der Waals surface area contributed by atoms with E-state index < -0.39 is 13.7 Å². The molecule has 2 aromatic heterocycles. The lowest BCUT2D eigenvalue weighted by molar-refractivity contribution is -0.179. The van der Waals surface area contributed by atoms with Gasteiger partial charge in [0, 0.05) is 32.8 Å². The first-order valence-electron chi connectivity index (χ1n) is 22.7. The SMILES string of the molecule is OC1(c2ccccc2-n2c3ccccc3c3cc(-n4c5ccccc5c5ccc([Si](c6ccccc6)(c6ccccc6)c6ccccc6)cc54)ccc32)C2CC3CC(C2)CC1C3. The van der Waals surface area contributed by atoms with Gasteiger partial charge in [0.05, 0.1) is 33.4 Å². The van der Waals surface area contributed by atoms with Crippen molar-refractivity contribution in [2.75, 3.05) is 0 Å². The van der Waals surface area contributed by atoms with E-state index in [4.69, 9.17) is 0 Å². The van der Waals surface area contributed by atoms with Gasteiger partial charge in [0.25, 0.3) is 0 Å². The van der Waals surface area contributed by atoms with Crippen molar-refractivity contribution in [3.63, 3.8) is 0 Å². The molecule has 4 aliphatic carbocycles. The molecule has 8 aromatic carbocycles. The molecule has 0 spiro atoms. The number of hydrogen-bond acceptors (Lipinski definition) is 1. The van der Waals surface area contributed by atoms with Crippen molar-refractivity contribution in [3.05, 3.63) is 206 Å². The summed E-state index contributed by atoms with van der Waals surface area (Å²) in [7, 11) is -2.78. The summed E-state index contributed by atoms with van der Waals surface area (Å²) < 4.78 is 4.96. The lowest BCUT2D eigenvalue weighted by atomic mass is 9.48. The van der Waals surface area contributed by atoms with Crippen LogP contribution in [0.2, 0.25) is 0 Å². The highest BCUT2D eigenvalue weighted by atomic mass is 28.3. The van der Waals surface area contributed by atoms with E-state index in [0.29, 0.717) is 11.8 Å². The van der Waals surface area contributed by atoms with Crippen LogP contribution in [0.15, 0.2) is 200 Å². The van der Waals surface area contributed by atoms with Gasteiger partial charge < -0.3 is 14.2 Å². The first-order chi connectivity index (χ1) is 30.6. The highest BCUT2D eigenvalue weighted by Gasteiger charge is 2.58. The molecule has 0 atom stereocenters. The van der Waals surface area contributed by atoms with Crippen molar-refractivity contribution in [2.24, 2.45) is 23.7 Å². The summed E-state index contributed by atoms with van der Waals surface area (Å²) in [6.45, 7) is 0. The number of nitrogens with zero attached hydrogens (tertiary/aromatic N) is 2. The lowest BCUT2D eigenvalue weighted by Crippen LogP contribution is -2.74. The summed E-state index contributed by atoms with van der Waals surface area (Å²) >= 11 is 0. The van der Waals surface area contributed by atoms with Crippen LogP contribution in [-0.4, -0.2) is 22.3 Å². The minimum Gasteiger partial charge on any atom is -0.385 e. The second-order valence-corrected chi connectivity index (χ2v) is 22.4. The summed E-state index contributed by atoms with van der Waals surface area (Å²) in [6.07, 6.45) is 5.98. The Hall–Kier alpha value is -6.46. The molecule has 4 aliphatic rings. The summed E-state index contributed by atoms with van der Waals surface area (Å²) in [5.74, 6) is 2.21. The van der Waals surface area contributed by atoms with Crippen LogP contribution in [-0.2, 0) is 5.60 Å². The summed E-state index contributed by atoms with van der Waals surface area (Å²) in [5, 5.41) is 23.4. The van der Waals surface area contributed by atoms with Crippen molar-refractivity contribution in [1.82, 2.24) is 9.13 Å². The summed E-state index contributed by atoms with van der Waals surface area (Å²) in [6, 6.07) is 74.7. The molecular formula is C58H48N2OSi. The average molecular weight is 817 g/mol. The van der Waals surface area contributed by atoms with E-state index in [1.807, 2.05) is 0 Å². The largest absolute Gasteiger partial charge is 0.385 e. The molecule has 0 aliphatic heterocycles. The average Bonchev–Trinajstić information content (AvgIpc) is 3.84. The Labute approximate surface area is 363 Å². The van der Waals surface area contributed by atoms with Crippen LogP contribution in [0.1, 0.15) is 37.7 Å². The van der Waals surface area contributed by atoms with E-state index in [2.05, 4.69) is 209 Å². The molecule has 1 N–H and O–H groups in total. The van der Waals surface area contributed by atoms with Crippen LogP contribution >= 0.6 is 0 Å². The summed E-state index contributed by atoms with van der Waals surface area (Å²) in [5.41, 5.74) is 7.31. The van der Waals surface area contributed by atoms with Gasteiger partial charge in [-0.25, -0.2) is 0 Å². The van der Waals surface area contributed by atoms with Gasteiger partial charge in [-0.2, -0.15) is 0 Å². The van der Waals surface area contributed by atoms with Gasteiger partial charge in [-0.05, 0) is 119 Å². The number of aliphatic hydroxyl groups is 1. The highest BCUT2D eigenvalue weighted by molar-refractivity contribution is 7.20. The fourth-order valence-corrected chi connectivity index (χ4v) is 18.0. The molecule has 2 heterocycles. The second kappa shape index (κ2) is 13.8. The van der Waals surface area contributed by atoms with Crippen molar-refractivity contribution in [3.8, 4) is 11.4 Å². The standard InChI is InChI=1S/C58H48N2OSi/c61-58(41-33-39-32-40(35-41)36-42(58)34-39)52-24-12-15-27-56(52)60-54-26-14-11-23-49(54)51-37-43(28-31-55(51)60)59-53-25-13-10-22-48(53)50-30-29-47(38-57(50)59)62(44-16-4-1-5-17-44,45-18-6-2-7-19-45)46-20-8-3-9-21-46/h1-31,37-42,61H,32-36H2. The van der Waals surface area contributed by atoms with Crippen LogP contribution in [0, 0.1) is 23.7 Å². The number of rotatable bonds is 7. The Kier molecular flexibility index (Phi) is 8.04. The van der Waals surface area contributed by atoms with Gasteiger partial charge in [0.15, 0.2) is 8.07 Å². The number of benzene rings is 8. The molecule has 4 bridgehead atoms. The zero-order chi connectivity index (χ0) is 41.0. The van der Waals surface area contributed by atoms with Crippen molar-refractivity contribution >= 4 is 72.4 Å². The van der Waals surface area contributed by atoms with Crippen molar-refractivity contribution < 1.29 is 5.11 Å². The lowest BCUT2D eigenvalue weighted by Gasteiger charge is -2.59. The molecule has 4 heteroatoms. The molecule has 14 rings (SSSR count). The maximum atomic E-state index is 13.0. The van der Waals surface area contributed by atoms with Gasteiger partial charge in [-0.3, -0.25) is 0 Å². The van der Waals surface area contributed by atoms with Crippen LogP contribution in [0.25, 0.3) is 55.0 Å². The van der Waals surface area contributed by atoms with Crippen molar-refractivity contribution in [1.29, 1.82) is 0 Å². The zero-order valence-corrected chi connectivity index (χ0v) is 35.7. The number of para-hydroxylation sites is 3. The number of hydrogen-bond donors (Lipinski definition) is 1. The van der Waals surface area contributed by atoms with Crippen LogP contribution in [0.5, 0.6) is 0 Å². The van der Waals surface area contributed by atoms with E-state index in [1.54, 1.807) is 0 Å². The predicted octanol–water partition coefficient (Wildman–Crippen LogP) is 10.9. The smallest absolute Gasteiger partial charge is 0.179 e. The van der Waals surface area contributed by atoms with Gasteiger partial charge in [0.1, 0.15) is 0 Å². The van der Waals surface area contributed by atoms with Crippen LogP contribution in [0.3, 0.4) is 0 Å². The Morgan fingerprint density at radius 1 is 0.387 bits per heavy atom. The molecule has 62 heavy (non-hydrogen) atoms. The third-order valence-corrected chi connectivity index (χ3v) is 20.4. The quantitative estimate of drug-likeness (QED) is 0.126. The molecule has 4 saturated carbocycles. The second-order valence-electron chi connectivity index (χ2n) is 18.6. The summed E-state index contributed by atoms with van der Waals surface area (Å²) in [4.78, 5) is 0. The van der Waals surface area contributed by atoms with E-state index in [-0.39, 0.29) is 0 Å². The van der Waals surface area contributed by atoms with Crippen LogP contribution in [0.4, 0.5) is 0 Å². The normalized spacial score (nSPS) is 22.0. The minimum atomic E-state index is -2.78. The molecule has 3 nitrogen and oxygen atoms in total. The van der Waals surface area contributed by atoms with Gasteiger partial charge in [-0.15, -0.1) is 0 Å². The Morgan fingerprint density at radius 3 is 1.48 bits per heavy atom. The maximum absolute atomic E-state index is 13.0. The molecule has 0 unspecified atom stereocenters. The molecule has 300 valence electrons. The molecule has 0 amide bonds. The van der Waals surface area contributed by atoms with E-state index in [9.17, 15) is 5.11 Å². The Morgan fingerprint density at radius 2 is 0.871 bits per heavy atom. The monoisotopic (exact) mass is 816 g/mol. The van der Waals surface area contributed by atoms with Gasteiger partial charge >= 0.3 is 0 Å². The van der Waals surface area contributed by atoms with E-state index in [0.717, 1.165) is 54.5 Å². The zero-order valence-electron chi connectivity index (χ0n) is 34.7. The third kappa shape index (κ3) is 5.08. The Balaban J connectivity index is 1.05. The molecule has 10 aromatic rings. The molecule has 4 fully saturated rings. The van der Waals surface area contributed by atoms with Gasteiger partial charge in [0.2, 0.25) is 0 Å². The topological polar surface area (TPSA) is 30.1 Å². The number of aromatic nitrogens is 2. The van der Waals surface area contributed by atoms with Crippen molar-refractivity contribution in [2.45, 2.75) is 37.7 Å². The first kappa shape index (κ1) is 36.2. The van der Waals surface area contributed by atoms with E-state index in [1.165, 1.54) is 70.8 Å².